The smallest absolute Gasteiger partial charge is 0.135 e. The van der Waals surface area contributed by atoms with Gasteiger partial charge in [-0.2, -0.15) is 0 Å². The first-order valence-electron chi connectivity index (χ1n) is 5.22. The van der Waals surface area contributed by atoms with Crippen LogP contribution in [0, 0.1) is 5.92 Å². The van der Waals surface area contributed by atoms with Crippen molar-refractivity contribution < 1.29 is 4.42 Å². The minimum atomic E-state index is 0.462. The summed E-state index contributed by atoms with van der Waals surface area (Å²) in [6.45, 7) is 2.18. The van der Waals surface area contributed by atoms with Gasteiger partial charge in [-0.25, -0.2) is 0 Å². The Morgan fingerprint density at radius 1 is 1.20 bits per heavy atom. The standard InChI is InChI=1S/C14H12O/c1-10-5-4-8-14-12(9-10)11-6-2-3-7-13(11)15-14/h2-10H,1H3/t10-/m0/s1. The molecule has 1 aliphatic rings. The van der Waals surface area contributed by atoms with Gasteiger partial charge in [0.25, 0.3) is 0 Å². The first-order chi connectivity index (χ1) is 7.34. The molecule has 1 aromatic heterocycles. The van der Waals surface area contributed by atoms with Crippen molar-refractivity contribution in [2.75, 3.05) is 0 Å². The van der Waals surface area contributed by atoms with E-state index in [4.69, 9.17) is 4.42 Å². The predicted molar refractivity (Wildman–Crippen MR) is 62.7 cm³/mol. The molecule has 1 nitrogen and oxygen atoms in total. The number of fused-ring (bicyclic) bond motifs is 3. The topological polar surface area (TPSA) is 13.1 Å². The number of hydrogen-bond acceptors (Lipinski definition) is 1. The molecule has 0 fully saturated rings. The molecule has 1 aromatic carbocycles. The van der Waals surface area contributed by atoms with Crippen molar-refractivity contribution in [1.29, 1.82) is 0 Å². The van der Waals surface area contributed by atoms with Gasteiger partial charge in [-0.1, -0.05) is 43.4 Å². The molecule has 1 aliphatic carbocycles. The van der Waals surface area contributed by atoms with Crippen LogP contribution in [0.25, 0.3) is 23.1 Å². The monoisotopic (exact) mass is 196 g/mol. The molecular formula is C14H12O. The van der Waals surface area contributed by atoms with E-state index in [0.29, 0.717) is 5.92 Å². The average Bonchev–Trinajstić information content (AvgIpc) is 2.47. The van der Waals surface area contributed by atoms with Crippen molar-refractivity contribution in [3.05, 3.63) is 47.1 Å². The Hall–Kier alpha value is -1.76. The molecular weight excluding hydrogens is 184 g/mol. The van der Waals surface area contributed by atoms with Crippen LogP contribution in [0.1, 0.15) is 6.92 Å². The SMILES string of the molecule is C[C@H]1C=CC=c2oc3ccccc3c2=C1. The van der Waals surface area contributed by atoms with Crippen molar-refractivity contribution in [2.45, 2.75) is 6.92 Å². The molecule has 0 N–H and O–H groups in total. The molecule has 0 radical (unpaired) electrons. The summed E-state index contributed by atoms with van der Waals surface area (Å²) >= 11 is 0. The van der Waals surface area contributed by atoms with Gasteiger partial charge in [-0.15, -0.1) is 0 Å². The van der Waals surface area contributed by atoms with Crippen LogP contribution in [0.3, 0.4) is 0 Å². The minimum Gasteiger partial charge on any atom is -0.456 e. The molecule has 3 rings (SSSR count). The van der Waals surface area contributed by atoms with Crippen LogP contribution in [-0.2, 0) is 0 Å². The van der Waals surface area contributed by atoms with Gasteiger partial charge < -0.3 is 4.42 Å². The Labute approximate surface area is 88.0 Å². The van der Waals surface area contributed by atoms with Gasteiger partial charge in [0.15, 0.2) is 0 Å². The van der Waals surface area contributed by atoms with Crippen molar-refractivity contribution in [2.24, 2.45) is 5.92 Å². The van der Waals surface area contributed by atoms with Crippen molar-refractivity contribution in [3.63, 3.8) is 0 Å². The number of rotatable bonds is 0. The molecule has 0 saturated heterocycles. The van der Waals surface area contributed by atoms with E-state index in [1.54, 1.807) is 0 Å². The number of para-hydroxylation sites is 1. The van der Waals surface area contributed by atoms with Gasteiger partial charge in [0, 0.05) is 10.6 Å². The van der Waals surface area contributed by atoms with Crippen LogP contribution in [0.4, 0.5) is 0 Å². The molecule has 0 amide bonds. The minimum absolute atomic E-state index is 0.462. The third-order valence-corrected chi connectivity index (χ3v) is 2.75. The van der Waals surface area contributed by atoms with E-state index >= 15 is 0 Å². The molecule has 1 heteroatoms. The van der Waals surface area contributed by atoms with Crippen molar-refractivity contribution >= 4 is 23.1 Å². The summed E-state index contributed by atoms with van der Waals surface area (Å²) in [5.41, 5.74) is 1.94. The molecule has 0 saturated carbocycles. The quantitative estimate of drug-likeness (QED) is 0.629. The Morgan fingerprint density at radius 3 is 3.00 bits per heavy atom. The van der Waals surface area contributed by atoms with Crippen LogP contribution in [0.5, 0.6) is 0 Å². The van der Waals surface area contributed by atoms with Gasteiger partial charge >= 0.3 is 0 Å². The zero-order chi connectivity index (χ0) is 10.3. The largest absolute Gasteiger partial charge is 0.456 e. The highest BCUT2D eigenvalue weighted by Gasteiger charge is 2.04. The zero-order valence-corrected chi connectivity index (χ0v) is 8.60. The van der Waals surface area contributed by atoms with E-state index in [2.05, 4.69) is 37.3 Å². The first-order valence-corrected chi connectivity index (χ1v) is 5.22. The summed E-state index contributed by atoms with van der Waals surface area (Å²) in [4.78, 5) is 0. The summed E-state index contributed by atoms with van der Waals surface area (Å²) in [7, 11) is 0. The van der Waals surface area contributed by atoms with Gasteiger partial charge in [-0.05, 0) is 18.1 Å². The Bertz CT molecular complexity index is 644. The molecule has 1 heterocycles. The maximum Gasteiger partial charge on any atom is 0.135 e. The van der Waals surface area contributed by atoms with E-state index in [1.165, 1.54) is 10.6 Å². The lowest BCUT2D eigenvalue weighted by Gasteiger charge is -1.93. The van der Waals surface area contributed by atoms with E-state index < -0.39 is 0 Å². The fourth-order valence-corrected chi connectivity index (χ4v) is 2.02. The predicted octanol–water partition coefficient (Wildman–Crippen LogP) is 2.20. The van der Waals surface area contributed by atoms with E-state index in [9.17, 15) is 0 Å². The second kappa shape index (κ2) is 3.13. The summed E-state index contributed by atoms with van der Waals surface area (Å²) in [5, 5.41) is 2.43. The molecule has 0 unspecified atom stereocenters. The van der Waals surface area contributed by atoms with E-state index in [-0.39, 0.29) is 0 Å². The van der Waals surface area contributed by atoms with E-state index in [0.717, 1.165) is 11.0 Å². The number of hydrogen-bond donors (Lipinski definition) is 0. The van der Waals surface area contributed by atoms with Gasteiger partial charge in [0.1, 0.15) is 11.0 Å². The van der Waals surface area contributed by atoms with Crippen molar-refractivity contribution in [1.82, 2.24) is 0 Å². The molecule has 74 valence electrons. The second-order valence-electron chi connectivity index (χ2n) is 3.95. The molecule has 0 aliphatic heterocycles. The summed E-state index contributed by atoms with van der Waals surface area (Å²) < 4.78 is 5.78. The molecule has 2 aromatic rings. The highest BCUT2D eigenvalue weighted by molar-refractivity contribution is 5.79. The Kier molecular flexibility index (Phi) is 1.78. The zero-order valence-electron chi connectivity index (χ0n) is 8.60. The normalized spacial score (nSPS) is 19.1. The van der Waals surface area contributed by atoms with Crippen LogP contribution in [-0.4, -0.2) is 0 Å². The van der Waals surface area contributed by atoms with Gasteiger partial charge in [0.05, 0.1) is 0 Å². The number of benzene rings is 1. The molecule has 0 spiro atoms. The second-order valence-corrected chi connectivity index (χ2v) is 3.95. The van der Waals surface area contributed by atoms with Gasteiger partial charge in [0.2, 0.25) is 0 Å². The summed E-state index contributed by atoms with van der Waals surface area (Å²) in [6, 6.07) is 8.18. The van der Waals surface area contributed by atoms with Crippen LogP contribution >= 0.6 is 0 Å². The fraction of sp³-hybridized carbons (Fsp3) is 0.143. The highest BCUT2D eigenvalue weighted by atomic mass is 16.3. The third-order valence-electron chi connectivity index (χ3n) is 2.75. The lowest BCUT2D eigenvalue weighted by molar-refractivity contribution is 0.575. The maximum absolute atomic E-state index is 5.78. The highest BCUT2D eigenvalue weighted by Crippen LogP contribution is 2.09. The lowest BCUT2D eigenvalue weighted by atomic mass is 10.1. The number of allylic oxidation sites excluding steroid dienone is 2. The lowest BCUT2D eigenvalue weighted by Crippen LogP contribution is -2.19. The first kappa shape index (κ1) is 8.54. The summed E-state index contributed by atoms with van der Waals surface area (Å²) in [5.74, 6) is 0.462. The van der Waals surface area contributed by atoms with Crippen LogP contribution < -0.4 is 10.6 Å². The summed E-state index contributed by atoms with van der Waals surface area (Å²) in [6.07, 6.45) is 8.52. The van der Waals surface area contributed by atoms with Crippen LogP contribution in [0.2, 0.25) is 0 Å². The van der Waals surface area contributed by atoms with Gasteiger partial charge in [-0.3, -0.25) is 0 Å². The van der Waals surface area contributed by atoms with Crippen LogP contribution in [0.15, 0.2) is 40.8 Å². The Morgan fingerprint density at radius 2 is 2.07 bits per heavy atom. The molecule has 0 bridgehead atoms. The van der Waals surface area contributed by atoms with E-state index in [1.807, 2.05) is 18.2 Å². The maximum atomic E-state index is 5.78. The van der Waals surface area contributed by atoms with Crippen molar-refractivity contribution in [3.8, 4) is 0 Å². The molecule has 15 heavy (non-hydrogen) atoms. The fourth-order valence-electron chi connectivity index (χ4n) is 2.02. The average molecular weight is 196 g/mol. The number of furan rings is 1. The Balaban J connectivity index is 2.52. The third kappa shape index (κ3) is 1.32. The molecule has 1 atom stereocenters.